The molecule has 0 aliphatic carbocycles. The van der Waals surface area contributed by atoms with Gasteiger partial charge in [-0.3, -0.25) is 4.99 Å². The van der Waals surface area contributed by atoms with Gasteiger partial charge in [-0.05, 0) is 42.8 Å². The molecule has 0 saturated carbocycles. The van der Waals surface area contributed by atoms with Gasteiger partial charge in [-0.15, -0.1) is 13.2 Å². The van der Waals surface area contributed by atoms with Crippen LogP contribution in [-0.4, -0.2) is 35.7 Å². The van der Waals surface area contributed by atoms with Gasteiger partial charge in [0.1, 0.15) is 11.6 Å². The van der Waals surface area contributed by atoms with Crippen LogP contribution in [0.3, 0.4) is 0 Å². The van der Waals surface area contributed by atoms with Gasteiger partial charge in [0.05, 0.1) is 17.1 Å². The van der Waals surface area contributed by atoms with Crippen LogP contribution in [0.15, 0.2) is 52.6 Å². The summed E-state index contributed by atoms with van der Waals surface area (Å²) in [5.41, 5.74) is 0.709. The highest BCUT2D eigenvalue weighted by Gasteiger charge is 2.34. The number of nitrogens with zero attached hydrogens (tertiary/aromatic N) is 2. The summed E-state index contributed by atoms with van der Waals surface area (Å²) < 4.78 is 40.4. The first-order valence-electron chi connectivity index (χ1n) is 7.87. The van der Waals surface area contributed by atoms with Crippen molar-refractivity contribution >= 4 is 23.1 Å². The molecule has 0 radical (unpaired) electrons. The number of ether oxygens (including phenoxy) is 1. The molecule has 134 valence electrons. The van der Waals surface area contributed by atoms with Gasteiger partial charge in [-0.1, -0.05) is 18.5 Å². The second kappa shape index (κ2) is 7.00. The van der Waals surface area contributed by atoms with E-state index in [1.54, 1.807) is 18.2 Å². The lowest BCUT2D eigenvalue weighted by Crippen LogP contribution is -2.41. The van der Waals surface area contributed by atoms with Crippen molar-refractivity contribution in [3.63, 3.8) is 0 Å². The lowest BCUT2D eigenvalue weighted by atomic mass is 10.1. The maximum atomic E-state index is 12.2. The Labute approximate surface area is 148 Å². The Morgan fingerprint density at radius 1 is 1.24 bits per heavy atom. The summed E-state index contributed by atoms with van der Waals surface area (Å²) in [6.07, 6.45) is 1.73. The molecule has 4 nitrogen and oxygen atoms in total. The molecular weight excluding hydrogens is 355 g/mol. The van der Waals surface area contributed by atoms with E-state index in [9.17, 15) is 13.2 Å². The Morgan fingerprint density at radius 3 is 2.60 bits per heavy atom. The van der Waals surface area contributed by atoms with Gasteiger partial charge in [0.25, 0.3) is 0 Å². The van der Waals surface area contributed by atoms with Crippen molar-refractivity contribution in [3.05, 3.63) is 47.6 Å². The van der Waals surface area contributed by atoms with E-state index in [0.717, 1.165) is 12.3 Å². The van der Waals surface area contributed by atoms with Gasteiger partial charge in [0.15, 0.2) is 0 Å². The number of hydrogen-bond acceptors (Lipinski definition) is 4. The standard InChI is InChI=1S/C17H17ClF3N3O/c1-2-14-15(24-10-11(18)3-8-16(24)23-14)9-22-12-4-6-13(7-5-12)25-17(19,20)21/h3-8,10,14-15,22H,2,9H2,1H3. The van der Waals surface area contributed by atoms with Gasteiger partial charge >= 0.3 is 6.36 Å². The Kier molecular flexibility index (Phi) is 4.94. The second-order valence-corrected chi connectivity index (χ2v) is 6.17. The predicted octanol–water partition coefficient (Wildman–Crippen LogP) is 4.51. The normalized spacial score (nSPS) is 22.4. The topological polar surface area (TPSA) is 36.9 Å². The average molecular weight is 372 g/mol. The van der Waals surface area contributed by atoms with Crippen LogP contribution in [-0.2, 0) is 0 Å². The molecule has 2 atom stereocenters. The number of halogens is 4. The van der Waals surface area contributed by atoms with Crippen LogP contribution in [0.1, 0.15) is 13.3 Å². The van der Waals surface area contributed by atoms with E-state index >= 15 is 0 Å². The maximum Gasteiger partial charge on any atom is 0.573 e. The summed E-state index contributed by atoms with van der Waals surface area (Å²) in [5, 5.41) is 3.87. The number of alkyl halides is 3. The molecule has 1 aromatic rings. The summed E-state index contributed by atoms with van der Waals surface area (Å²) in [6, 6.07) is 5.88. The van der Waals surface area contributed by atoms with Gasteiger partial charge < -0.3 is 15.0 Å². The number of aliphatic imine (C=N–C) groups is 1. The Balaban J connectivity index is 1.64. The first kappa shape index (κ1) is 17.7. The lowest BCUT2D eigenvalue weighted by molar-refractivity contribution is -0.274. The first-order valence-corrected chi connectivity index (χ1v) is 8.25. The van der Waals surface area contributed by atoms with Crippen molar-refractivity contribution in [2.24, 2.45) is 4.99 Å². The van der Waals surface area contributed by atoms with Crippen molar-refractivity contribution in [2.45, 2.75) is 31.8 Å². The monoisotopic (exact) mass is 371 g/mol. The van der Waals surface area contributed by atoms with E-state index in [1.807, 2.05) is 17.2 Å². The summed E-state index contributed by atoms with van der Waals surface area (Å²) in [7, 11) is 0. The molecule has 2 heterocycles. The summed E-state index contributed by atoms with van der Waals surface area (Å²) in [5.74, 6) is 0.629. The van der Waals surface area contributed by atoms with Gasteiger partial charge in [0.2, 0.25) is 0 Å². The number of benzene rings is 1. The van der Waals surface area contributed by atoms with Crippen molar-refractivity contribution in [2.75, 3.05) is 11.9 Å². The fourth-order valence-electron chi connectivity index (χ4n) is 2.89. The fourth-order valence-corrected chi connectivity index (χ4v) is 3.06. The molecule has 0 fully saturated rings. The quantitative estimate of drug-likeness (QED) is 0.827. The van der Waals surface area contributed by atoms with E-state index < -0.39 is 6.36 Å². The number of rotatable bonds is 5. The van der Waals surface area contributed by atoms with Crippen LogP contribution in [0.25, 0.3) is 0 Å². The molecule has 1 N–H and O–H groups in total. The third-order valence-corrected chi connectivity index (χ3v) is 4.26. The van der Waals surface area contributed by atoms with Crippen molar-refractivity contribution in [3.8, 4) is 5.75 Å². The Bertz CT molecular complexity index is 713. The molecule has 3 rings (SSSR count). The minimum absolute atomic E-state index is 0.0878. The largest absolute Gasteiger partial charge is 0.573 e. The molecule has 25 heavy (non-hydrogen) atoms. The minimum atomic E-state index is -4.69. The highest BCUT2D eigenvalue weighted by atomic mass is 35.5. The molecule has 8 heteroatoms. The van der Waals surface area contributed by atoms with E-state index in [0.29, 0.717) is 17.3 Å². The van der Waals surface area contributed by atoms with Gasteiger partial charge in [-0.25, -0.2) is 0 Å². The zero-order valence-corrected chi connectivity index (χ0v) is 14.2. The highest BCUT2D eigenvalue weighted by molar-refractivity contribution is 6.32. The van der Waals surface area contributed by atoms with E-state index in [1.165, 1.54) is 12.1 Å². The van der Waals surface area contributed by atoms with Crippen molar-refractivity contribution in [1.82, 2.24) is 4.90 Å². The van der Waals surface area contributed by atoms with Gasteiger partial charge in [0, 0.05) is 18.4 Å². The Morgan fingerprint density at radius 2 is 1.96 bits per heavy atom. The minimum Gasteiger partial charge on any atom is -0.406 e. The van der Waals surface area contributed by atoms with Crippen molar-refractivity contribution in [1.29, 1.82) is 0 Å². The predicted molar refractivity (Wildman–Crippen MR) is 91.8 cm³/mol. The zero-order valence-electron chi connectivity index (χ0n) is 13.4. The van der Waals surface area contributed by atoms with Crippen LogP contribution in [0, 0.1) is 0 Å². The second-order valence-electron chi connectivity index (χ2n) is 5.74. The third-order valence-electron chi connectivity index (χ3n) is 4.04. The highest BCUT2D eigenvalue weighted by Crippen LogP contribution is 2.28. The first-order chi connectivity index (χ1) is 11.9. The molecule has 0 amide bonds. The van der Waals surface area contributed by atoms with Crippen molar-refractivity contribution < 1.29 is 17.9 Å². The molecule has 2 unspecified atom stereocenters. The molecule has 2 aliphatic rings. The molecule has 0 saturated heterocycles. The number of fused-ring (bicyclic) bond motifs is 1. The Hall–Kier alpha value is -2.15. The number of allylic oxidation sites excluding steroid dienone is 2. The maximum absolute atomic E-state index is 12.2. The molecular formula is C17H17ClF3N3O. The summed E-state index contributed by atoms with van der Waals surface area (Å²) in [4.78, 5) is 6.71. The summed E-state index contributed by atoms with van der Waals surface area (Å²) in [6.45, 7) is 2.65. The molecule has 2 aliphatic heterocycles. The number of amidine groups is 1. The number of hydrogen-bond donors (Lipinski definition) is 1. The lowest BCUT2D eigenvalue weighted by Gasteiger charge is -2.28. The van der Waals surface area contributed by atoms with Crippen LogP contribution in [0.2, 0.25) is 0 Å². The van der Waals surface area contributed by atoms with E-state index in [-0.39, 0.29) is 17.8 Å². The average Bonchev–Trinajstić information content (AvgIpc) is 2.90. The molecule has 0 bridgehead atoms. The zero-order chi connectivity index (χ0) is 18.0. The molecule has 0 spiro atoms. The summed E-state index contributed by atoms with van der Waals surface area (Å²) >= 11 is 6.08. The third kappa shape index (κ3) is 4.28. The molecule has 1 aromatic carbocycles. The SMILES string of the molecule is CCC1N=C2C=CC(Cl)=CN2C1CNc1ccc(OC(F)(F)F)cc1. The fraction of sp³-hybridized carbons (Fsp3) is 0.353. The van der Waals surface area contributed by atoms with Crippen LogP contribution >= 0.6 is 11.6 Å². The van der Waals surface area contributed by atoms with Crippen LogP contribution in [0.4, 0.5) is 18.9 Å². The van der Waals surface area contributed by atoms with Crippen LogP contribution < -0.4 is 10.1 Å². The number of anilines is 1. The number of nitrogens with one attached hydrogen (secondary N) is 1. The molecule has 0 aromatic heterocycles. The van der Waals surface area contributed by atoms with Crippen LogP contribution in [0.5, 0.6) is 5.75 Å². The van der Waals surface area contributed by atoms with Gasteiger partial charge in [-0.2, -0.15) is 0 Å². The van der Waals surface area contributed by atoms with E-state index in [4.69, 9.17) is 11.6 Å². The smallest absolute Gasteiger partial charge is 0.406 e. The van der Waals surface area contributed by atoms with E-state index in [2.05, 4.69) is 22.0 Å².